The molecule has 0 spiro atoms. The van der Waals surface area contributed by atoms with Crippen LogP contribution >= 0.6 is 27.5 Å². The minimum Gasteiger partial charge on any atom is -0.493 e. The second-order valence-corrected chi connectivity index (χ2v) is 11.0. The fourth-order valence-electron chi connectivity index (χ4n) is 4.48. The van der Waals surface area contributed by atoms with Gasteiger partial charge >= 0.3 is 17.7 Å². The Labute approximate surface area is 282 Å². The molecule has 1 aliphatic rings. The molecule has 0 aliphatic carbocycles. The van der Waals surface area contributed by atoms with Crippen molar-refractivity contribution in [2.45, 2.75) is 26.5 Å². The van der Waals surface area contributed by atoms with Gasteiger partial charge in [-0.3, -0.25) is 14.9 Å². The van der Waals surface area contributed by atoms with E-state index in [1.54, 1.807) is 56.3 Å². The number of amides is 3. The fraction of sp³-hybridized carbons (Fsp3) is 0.226. The molecule has 4 rings (SSSR count). The van der Waals surface area contributed by atoms with Gasteiger partial charge in [0.1, 0.15) is 6.61 Å². The molecule has 16 heteroatoms. The van der Waals surface area contributed by atoms with Gasteiger partial charge < -0.3 is 29.6 Å². The Kier molecular flexibility index (Phi) is 11.8. The average molecular weight is 731 g/mol. The highest BCUT2D eigenvalue weighted by atomic mass is 79.9. The van der Waals surface area contributed by atoms with Crippen molar-refractivity contribution in [1.82, 2.24) is 16.1 Å². The maximum atomic E-state index is 12.6. The summed E-state index contributed by atoms with van der Waals surface area (Å²) in [5.74, 6) is -0.759. The van der Waals surface area contributed by atoms with E-state index in [1.165, 1.54) is 25.5 Å². The first-order valence-corrected chi connectivity index (χ1v) is 15.1. The van der Waals surface area contributed by atoms with Gasteiger partial charge in [0.25, 0.3) is 5.91 Å². The lowest BCUT2D eigenvalue weighted by Gasteiger charge is -2.28. The molecule has 1 atom stereocenters. The van der Waals surface area contributed by atoms with E-state index >= 15 is 0 Å². The van der Waals surface area contributed by atoms with Crippen molar-refractivity contribution in [2.24, 2.45) is 5.10 Å². The van der Waals surface area contributed by atoms with E-state index < -0.39 is 35.5 Å². The highest BCUT2D eigenvalue weighted by molar-refractivity contribution is 9.10. The Balaban J connectivity index is 1.40. The molecule has 3 N–H and O–H groups in total. The van der Waals surface area contributed by atoms with Crippen LogP contribution in [-0.4, -0.2) is 49.4 Å². The highest BCUT2D eigenvalue weighted by Gasteiger charge is 2.32. The van der Waals surface area contributed by atoms with Crippen LogP contribution in [0.15, 0.2) is 75.4 Å². The number of urea groups is 1. The van der Waals surface area contributed by atoms with Crippen LogP contribution in [0, 0.1) is 10.1 Å². The number of rotatable bonds is 13. The van der Waals surface area contributed by atoms with E-state index in [-0.39, 0.29) is 41.7 Å². The molecule has 1 heterocycles. The lowest BCUT2D eigenvalue weighted by Crippen LogP contribution is -2.45. The molecule has 47 heavy (non-hydrogen) atoms. The average Bonchev–Trinajstić information content (AvgIpc) is 3.03. The van der Waals surface area contributed by atoms with Gasteiger partial charge in [-0.1, -0.05) is 35.9 Å². The molecule has 0 radical (unpaired) electrons. The van der Waals surface area contributed by atoms with Crippen LogP contribution in [0.3, 0.4) is 0 Å². The van der Waals surface area contributed by atoms with Crippen molar-refractivity contribution < 1.29 is 38.3 Å². The quantitative estimate of drug-likeness (QED) is 0.0909. The Bertz CT molecular complexity index is 1770. The first-order valence-electron chi connectivity index (χ1n) is 13.9. The zero-order chi connectivity index (χ0) is 34.1. The summed E-state index contributed by atoms with van der Waals surface area (Å²) in [5, 5.41) is 21.4. The topological polar surface area (TPSA) is 180 Å². The molecule has 3 aromatic carbocycles. The number of hydrogen-bond donors (Lipinski definition) is 3. The summed E-state index contributed by atoms with van der Waals surface area (Å²) >= 11 is 9.46. The van der Waals surface area contributed by atoms with E-state index in [4.69, 9.17) is 30.5 Å². The first kappa shape index (κ1) is 34.7. The van der Waals surface area contributed by atoms with E-state index in [0.717, 1.165) is 0 Å². The number of halogens is 2. The number of carbonyl (C=O) groups is 3. The largest absolute Gasteiger partial charge is 0.493 e. The number of allylic oxidation sites excluding steroid dienone is 1. The van der Waals surface area contributed by atoms with Crippen molar-refractivity contribution in [3.05, 3.63) is 102 Å². The van der Waals surface area contributed by atoms with Crippen LogP contribution in [-0.2, 0) is 20.9 Å². The molecule has 3 amide bonds. The van der Waals surface area contributed by atoms with E-state index in [0.29, 0.717) is 31.9 Å². The van der Waals surface area contributed by atoms with Crippen molar-refractivity contribution >= 4 is 57.3 Å². The number of nitrogens with one attached hydrogen (secondary N) is 3. The zero-order valence-corrected chi connectivity index (χ0v) is 27.6. The molecule has 0 saturated carbocycles. The summed E-state index contributed by atoms with van der Waals surface area (Å²) < 4.78 is 22.2. The van der Waals surface area contributed by atoms with Gasteiger partial charge in [0.15, 0.2) is 18.1 Å². The minimum absolute atomic E-state index is 0.00952. The molecule has 0 bridgehead atoms. The minimum atomic E-state index is -0.817. The van der Waals surface area contributed by atoms with Gasteiger partial charge in [-0.2, -0.15) is 5.10 Å². The Morgan fingerprint density at radius 2 is 1.91 bits per heavy atom. The van der Waals surface area contributed by atoms with Crippen LogP contribution in [0.1, 0.15) is 36.6 Å². The lowest BCUT2D eigenvalue weighted by molar-refractivity contribution is -0.386. The Hall–Kier alpha value is -5.15. The van der Waals surface area contributed by atoms with Crippen molar-refractivity contribution in [3.8, 4) is 17.2 Å². The fourth-order valence-corrected chi connectivity index (χ4v) is 5.25. The van der Waals surface area contributed by atoms with Gasteiger partial charge in [-0.15, -0.1) is 0 Å². The molecule has 3 aromatic rings. The second-order valence-electron chi connectivity index (χ2n) is 9.77. The van der Waals surface area contributed by atoms with E-state index in [1.807, 2.05) is 0 Å². The van der Waals surface area contributed by atoms with Crippen LogP contribution in [0.2, 0.25) is 5.02 Å². The van der Waals surface area contributed by atoms with Gasteiger partial charge in [-0.25, -0.2) is 15.0 Å². The number of methoxy groups -OCH3 is 1. The summed E-state index contributed by atoms with van der Waals surface area (Å²) in [7, 11) is 1.40. The van der Waals surface area contributed by atoms with Crippen molar-refractivity contribution in [2.75, 3.05) is 20.3 Å². The number of nitrogens with zero attached hydrogens (tertiary/aromatic N) is 2. The van der Waals surface area contributed by atoms with Crippen LogP contribution < -0.4 is 30.3 Å². The van der Waals surface area contributed by atoms with Gasteiger partial charge in [0.05, 0.1) is 40.9 Å². The summed E-state index contributed by atoms with van der Waals surface area (Å²) in [6.07, 6.45) is 1.23. The molecule has 14 nitrogen and oxygen atoms in total. The molecule has 0 fully saturated rings. The normalized spacial score (nSPS) is 14.2. The third-order valence-corrected chi connectivity index (χ3v) is 7.58. The highest BCUT2D eigenvalue weighted by Crippen LogP contribution is 2.37. The van der Waals surface area contributed by atoms with E-state index in [2.05, 4.69) is 37.1 Å². The van der Waals surface area contributed by atoms with Gasteiger partial charge in [0.2, 0.25) is 5.75 Å². The van der Waals surface area contributed by atoms with Crippen LogP contribution in [0.25, 0.3) is 0 Å². The second kappa shape index (κ2) is 15.9. The van der Waals surface area contributed by atoms with Crippen molar-refractivity contribution in [1.29, 1.82) is 0 Å². The lowest BCUT2D eigenvalue weighted by atomic mass is 9.95. The number of esters is 1. The summed E-state index contributed by atoms with van der Waals surface area (Å²) in [6, 6.07) is 13.2. The smallest absolute Gasteiger partial charge is 0.338 e. The number of hydrazone groups is 1. The number of hydrogen-bond acceptors (Lipinski definition) is 10. The first-order chi connectivity index (χ1) is 22.5. The number of ether oxygens (including phenoxy) is 4. The maximum absolute atomic E-state index is 12.6. The van der Waals surface area contributed by atoms with Crippen LogP contribution in [0.5, 0.6) is 17.2 Å². The van der Waals surface area contributed by atoms with Gasteiger partial charge in [0, 0.05) is 27.9 Å². The molecular formula is C31H29BrClN5O9. The third kappa shape index (κ3) is 8.77. The Morgan fingerprint density at radius 3 is 2.62 bits per heavy atom. The van der Waals surface area contributed by atoms with Crippen molar-refractivity contribution in [3.63, 3.8) is 0 Å². The molecule has 1 aliphatic heterocycles. The molecule has 246 valence electrons. The summed E-state index contributed by atoms with van der Waals surface area (Å²) in [5.41, 5.74) is 4.05. The number of nitro benzene ring substituents is 1. The molecular weight excluding hydrogens is 702 g/mol. The predicted molar refractivity (Wildman–Crippen MR) is 175 cm³/mol. The SMILES string of the molecule is CCOC(=O)C1=C(C)NC(=O)N[C@@H]1c1ccc(OCC(=O)N/N=C/c2cc(Br)c(OCc3ccccc3Cl)c([N+](=O)[O-])c2)c(OC)c1. The predicted octanol–water partition coefficient (Wildman–Crippen LogP) is 5.32. The van der Waals surface area contributed by atoms with E-state index in [9.17, 15) is 24.5 Å². The number of benzene rings is 3. The molecule has 0 unspecified atom stereocenters. The molecule has 0 aromatic heterocycles. The Morgan fingerprint density at radius 1 is 1.15 bits per heavy atom. The standard InChI is InChI=1S/C31H29BrClN5O9/c1-4-45-30(40)27-17(2)35-31(41)36-28(27)19-9-10-24(25(13-19)44-3)46-16-26(39)37-34-14-18-11-21(32)29(23(12-18)38(42)43)47-15-20-7-5-6-8-22(20)33/h5-14,28H,4,15-16H2,1-3H3,(H,37,39)(H2,35,36,41)/b34-14+/t28-/m1/s1. The third-order valence-electron chi connectivity index (χ3n) is 6.62. The maximum Gasteiger partial charge on any atom is 0.338 e. The van der Waals surface area contributed by atoms with Gasteiger partial charge in [-0.05, 0) is 59.6 Å². The monoisotopic (exact) mass is 729 g/mol. The number of carbonyl (C=O) groups excluding carboxylic acids is 3. The summed E-state index contributed by atoms with van der Waals surface area (Å²) in [6.45, 7) is 2.99. The van der Waals surface area contributed by atoms with Crippen LogP contribution in [0.4, 0.5) is 10.5 Å². The summed E-state index contributed by atoms with van der Waals surface area (Å²) in [4.78, 5) is 48.4. The molecule has 0 saturated heterocycles. The number of nitro groups is 1. The zero-order valence-electron chi connectivity index (χ0n) is 25.3.